The highest BCUT2D eigenvalue weighted by Gasteiger charge is 2.40. The molecule has 108 valence electrons. The highest BCUT2D eigenvalue weighted by Crippen LogP contribution is 2.42. The maximum atomic E-state index is 9.26. The minimum atomic E-state index is 0.349. The lowest BCUT2D eigenvalue weighted by atomic mass is 10.1. The number of nitriles is 1. The molecule has 2 aromatic rings. The average Bonchev–Trinajstić information content (AvgIpc) is 3.11. The highest BCUT2D eigenvalue weighted by molar-refractivity contribution is 5.98. The quantitative estimate of drug-likeness (QED) is 0.807. The first-order valence-corrected chi connectivity index (χ1v) is 7.44. The van der Waals surface area contributed by atoms with E-state index < -0.39 is 0 Å². The first-order valence-electron chi connectivity index (χ1n) is 7.44. The summed E-state index contributed by atoms with van der Waals surface area (Å²) in [6.45, 7) is 9.57. The van der Waals surface area contributed by atoms with Gasteiger partial charge in [0.2, 0.25) is 0 Å². The molecule has 0 amide bonds. The van der Waals surface area contributed by atoms with Gasteiger partial charge in [-0.3, -0.25) is 4.90 Å². The number of anilines is 1. The van der Waals surface area contributed by atoms with Gasteiger partial charge in [0.05, 0.1) is 17.9 Å². The Hall–Kier alpha value is -2.80. The van der Waals surface area contributed by atoms with Crippen molar-refractivity contribution in [3.8, 4) is 6.07 Å². The first-order chi connectivity index (χ1) is 10.7. The first kappa shape index (κ1) is 12.9. The van der Waals surface area contributed by atoms with Crippen LogP contribution in [-0.4, -0.2) is 22.5 Å². The fourth-order valence-corrected chi connectivity index (χ4v) is 3.60. The Bertz CT molecular complexity index is 824. The Balaban J connectivity index is 1.91. The SMILES string of the molecule is C=C1C2CCCN2C(=C)N1c1cnc(C#N)c2ccccc12. The van der Waals surface area contributed by atoms with E-state index in [4.69, 9.17) is 0 Å². The number of pyridine rings is 1. The normalized spacial score (nSPS) is 20.6. The molecule has 0 bridgehead atoms. The van der Waals surface area contributed by atoms with E-state index in [1.54, 1.807) is 6.20 Å². The van der Waals surface area contributed by atoms with Crippen LogP contribution in [0.3, 0.4) is 0 Å². The van der Waals surface area contributed by atoms with Gasteiger partial charge in [0, 0.05) is 23.0 Å². The molecule has 0 radical (unpaired) electrons. The van der Waals surface area contributed by atoms with Gasteiger partial charge in [0.25, 0.3) is 0 Å². The largest absolute Gasteiger partial charge is 0.350 e. The molecule has 3 heterocycles. The van der Waals surface area contributed by atoms with E-state index >= 15 is 0 Å². The number of hydrogen-bond acceptors (Lipinski definition) is 4. The molecule has 0 N–H and O–H groups in total. The lowest BCUT2D eigenvalue weighted by Crippen LogP contribution is -2.22. The summed E-state index contributed by atoms with van der Waals surface area (Å²) in [4.78, 5) is 8.74. The van der Waals surface area contributed by atoms with Crippen molar-refractivity contribution in [2.45, 2.75) is 18.9 Å². The number of nitrogens with zero attached hydrogens (tertiary/aromatic N) is 4. The Morgan fingerprint density at radius 2 is 2.00 bits per heavy atom. The summed E-state index contributed by atoms with van der Waals surface area (Å²) in [6.07, 6.45) is 4.07. The number of fused-ring (bicyclic) bond motifs is 2. The van der Waals surface area contributed by atoms with Gasteiger partial charge >= 0.3 is 0 Å². The van der Waals surface area contributed by atoms with Crippen molar-refractivity contribution in [2.24, 2.45) is 0 Å². The minimum Gasteiger partial charge on any atom is -0.350 e. The van der Waals surface area contributed by atoms with E-state index in [2.05, 4.69) is 34.0 Å². The van der Waals surface area contributed by atoms with Crippen molar-refractivity contribution in [1.29, 1.82) is 5.26 Å². The van der Waals surface area contributed by atoms with Crippen LogP contribution >= 0.6 is 0 Å². The van der Waals surface area contributed by atoms with E-state index in [-0.39, 0.29) is 0 Å². The van der Waals surface area contributed by atoms with Crippen LogP contribution < -0.4 is 4.90 Å². The minimum absolute atomic E-state index is 0.349. The molecule has 4 nitrogen and oxygen atoms in total. The standard InChI is InChI=1S/C18H16N4/c1-12-17-8-5-9-21(17)13(2)22(12)18-11-20-16(10-19)14-6-3-4-7-15(14)18/h3-4,6-7,11,17H,1-2,5,8-9H2. The summed E-state index contributed by atoms with van der Waals surface area (Å²) in [5.74, 6) is 0.962. The molecule has 0 saturated carbocycles. The lowest BCUT2D eigenvalue weighted by Gasteiger charge is -2.23. The third-order valence-corrected chi connectivity index (χ3v) is 4.64. The lowest BCUT2D eigenvalue weighted by molar-refractivity contribution is 0.397. The van der Waals surface area contributed by atoms with Crippen LogP contribution in [0.2, 0.25) is 0 Å². The van der Waals surface area contributed by atoms with Crippen molar-refractivity contribution >= 4 is 16.5 Å². The molecule has 1 aromatic heterocycles. The van der Waals surface area contributed by atoms with E-state index in [9.17, 15) is 5.26 Å². The van der Waals surface area contributed by atoms with Crippen LogP contribution in [-0.2, 0) is 0 Å². The topological polar surface area (TPSA) is 43.2 Å². The van der Waals surface area contributed by atoms with E-state index in [1.165, 1.54) is 6.42 Å². The summed E-state index contributed by atoms with van der Waals surface area (Å²) in [5.41, 5.74) is 2.47. The monoisotopic (exact) mass is 288 g/mol. The fraction of sp³-hybridized carbons (Fsp3) is 0.222. The zero-order valence-corrected chi connectivity index (χ0v) is 12.3. The molecule has 1 unspecified atom stereocenters. The van der Waals surface area contributed by atoms with Gasteiger partial charge in [-0.15, -0.1) is 0 Å². The molecule has 0 aliphatic carbocycles. The van der Waals surface area contributed by atoms with Gasteiger partial charge in [-0.2, -0.15) is 5.26 Å². The van der Waals surface area contributed by atoms with E-state index in [0.717, 1.165) is 40.9 Å². The van der Waals surface area contributed by atoms with Gasteiger partial charge in [-0.05, 0) is 12.8 Å². The van der Waals surface area contributed by atoms with Crippen molar-refractivity contribution in [3.63, 3.8) is 0 Å². The summed E-state index contributed by atoms with van der Waals surface area (Å²) in [7, 11) is 0. The third kappa shape index (κ3) is 1.59. The Morgan fingerprint density at radius 3 is 2.73 bits per heavy atom. The van der Waals surface area contributed by atoms with Crippen molar-refractivity contribution in [3.05, 3.63) is 60.8 Å². The van der Waals surface area contributed by atoms with E-state index in [1.807, 2.05) is 24.3 Å². The molecule has 2 saturated heterocycles. The molecule has 0 spiro atoms. The molecule has 1 aromatic carbocycles. The Morgan fingerprint density at radius 1 is 1.23 bits per heavy atom. The average molecular weight is 288 g/mol. The van der Waals surface area contributed by atoms with Crippen molar-refractivity contribution < 1.29 is 0 Å². The molecule has 4 rings (SSSR count). The molecule has 1 atom stereocenters. The van der Waals surface area contributed by atoms with Gasteiger partial charge < -0.3 is 4.90 Å². The zero-order chi connectivity index (χ0) is 15.3. The molecule has 4 heteroatoms. The number of hydrogen-bond donors (Lipinski definition) is 0. The number of benzene rings is 1. The predicted octanol–water partition coefficient (Wildman–Crippen LogP) is 3.38. The van der Waals surface area contributed by atoms with Crippen LogP contribution in [0.25, 0.3) is 10.8 Å². The summed E-state index contributed by atoms with van der Waals surface area (Å²) in [6, 6.07) is 10.4. The van der Waals surface area contributed by atoms with Crippen molar-refractivity contribution in [1.82, 2.24) is 9.88 Å². The fourth-order valence-electron chi connectivity index (χ4n) is 3.60. The molecule has 22 heavy (non-hydrogen) atoms. The molecule has 2 fully saturated rings. The Labute approximate surface area is 129 Å². The summed E-state index contributed by atoms with van der Waals surface area (Å²) in [5, 5.41) is 11.1. The Kier molecular flexibility index (Phi) is 2.70. The summed E-state index contributed by atoms with van der Waals surface area (Å²) < 4.78 is 0. The van der Waals surface area contributed by atoms with Crippen LogP contribution in [0.4, 0.5) is 5.69 Å². The number of aromatic nitrogens is 1. The second-order valence-corrected chi connectivity index (χ2v) is 5.74. The van der Waals surface area contributed by atoms with E-state index in [0.29, 0.717) is 11.7 Å². The van der Waals surface area contributed by atoms with Gasteiger partial charge in [-0.1, -0.05) is 37.4 Å². The smallest absolute Gasteiger partial charge is 0.148 e. The maximum absolute atomic E-state index is 9.26. The van der Waals surface area contributed by atoms with Crippen LogP contribution in [0, 0.1) is 11.3 Å². The molecule has 2 aliphatic heterocycles. The molecule has 2 aliphatic rings. The predicted molar refractivity (Wildman–Crippen MR) is 86.9 cm³/mol. The van der Waals surface area contributed by atoms with Crippen LogP contribution in [0.15, 0.2) is 55.1 Å². The van der Waals surface area contributed by atoms with Gasteiger partial charge in [0.15, 0.2) is 0 Å². The zero-order valence-electron chi connectivity index (χ0n) is 12.3. The molecular weight excluding hydrogens is 272 g/mol. The highest BCUT2D eigenvalue weighted by atomic mass is 15.4. The summed E-state index contributed by atoms with van der Waals surface area (Å²) >= 11 is 0. The second-order valence-electron chi connectivity index (χ2n) is 5.74. The van der Waals surface area contributed by atoms with Gasteiger partial charge in [0.1, 0.15) is 17.6 Å². The van der Waals surface area contributed by atoms with Crippen LogP contribution in [0.1, 0.15) is 18.5 Å². The maximum Gasteiger partial charge on any atom is 0.148 e. The molecular formula is C18H16N4. The second kappa shape index (κ2) is 4.60. The van der Waals surface area contributed by atoms with Crippen molar-refractivity contribution in [2.75, 3.05) is 11.4 Å². The third-order valence-electron chi connectivity index (χ3n) is 4.64. The van der Waals surface area contributed by atoms with Crippen LogP contribution in [0.5, 0.6) is 0 Å². The van der Waals surface area contributed by atoms with Gasteiger partial charge in [-0.25, -0.2) is 4.98 Å². The number of rotatable bonds is 1.